The second-order valence-electron chi connectivity index (χ2n) is 5.98. The Labute approximate surface area is 129 Å². The maximum atomic E-state index is 3.62. The average molecular weight is 281 g/mol. The van der Waals surface area contributed by atoms with E-state index < -0.39 is 0 Å². The number of aryl methyl sites for hydroxylation is 3. The van der Waals surface area contributed by atoms with Gasteiger partial charge in [0.05, 0.1) is 0 Å². The third-order valence-corrected chi connectivity index (χ3v) is 4.03. The molecule has 21 heavy (non-hydrogen) atoms. The molecule has 0 bridgehead atoms. The number of hydrogen-bond acceptors (Lipinski definition) is 1. The molecular weight excluding hydrogens is 254 g/mol. The minimum atomic E-state index is 0.538. The highest BCUT2D eigenvalue weighted by atomic mass is 14.9. The van der Waals surface area contributed by atoms with Crippen molar-refractivity contribution >= 4 is 0 Å². The molecular formula is C20H27N. The van der Waals surface area contributed by atoms with E-state index in [0.29, 0.717) is 6.04 Å². The van der Waals surface area contributed by atoms with Gasteiger partial charge in [-0.3, -0.25) is 0 Å². The fourth-order valence-electron chi connectivity index (χ4n) is 2.54. The van der Waals surface area contributed by atoms with Gasteiger partial charge in [-0.2, -0.15) is 0 Å². The summed E-state index contributed by atoms with van der Waals surface area (Å²) in [6, 6.07) is 18.3. The molecule has 112 valence electrons. The predicted molar refractivity (Wildman–Crippen MR) is 91.6 cm³/mol. The van der Waals surface area contributed by atoms with Crippen molar-refractivity contribution in [2.75, 3.05) is 0 Å². The summed E-state index contributed by atoms with van der Waals surface area (Å²) >= 11 is 0. The largest absolute Gasteiger partial charge is 0.310 e. The lowest BCUT2D eigenvalue weighted by molar-refractivity contribution is 0.514. The molecule has 0 fully saturated rings. The number of benzene rings is 2. The van der Waals surface area contributed by atoms with Gasteiger partial charge in [-0.05, 0) is 49.8 Å². The number of hydrogen-bond donors (Lipinski definition) is 1. The summed E-state index contributed by atoms with van der Waals surface area (Å²) < 4.78 is 0. The summed E-state index contributed by atoms with van der Waals surface area (Å²) in [5, 5.41) is 3.62. The van der Waals surface area contributed by atoms with Crippen LogP contribution in [0.15, 0.2) is 48.5 Å². The maximum absolute atomic E-state index is 3.62. The Bertz CT molecular complexity index is 542. The minimum Gasteiger partial charge on any atom is -0.310 e. The van der Waals surface area contributed by atoms with Gasteiger partial charge in [0.2, 0.25) is 0 Å². The standard InChI is InChI=1S/C20H27N/c1-4-18-10-12-20(13-11-18)15-21-17(3)8-9-19-7-5-6-16(2)14-19/h5-7,10-14,17,21H,4,8-9,15H2,1-3H3. The normalized spacial score (nSPS) is 12.3. The molecule has 1 heteroatoms. The highest BCUT2D eigenvalue weighted by Gasteiger charge is 2.03. The molecule has 0 aliphatic carbocycles. The fraction of sp³-hybridized carbons (Fsp3) is 0.400. The van der Waals surface area contributed by atoms with E-state index in [1.807, 2.05) is 0 Å². The van der Waals surface area contributed by atoms with Gasteiger partial charge in [-0.25, -0.2) is 0 Å². The Morgan fingerprint density at radius 2 is 1.67 bits per heavy atom. The first kappa shape index (κ1) is 15.8. The monoisotopic (exact) mass is 281 g/mol. The molecule has 1 atom stereocenters. The van der Waals surface area contributed by atoms with Crippen molar-refractivity contribution in [1.82, 2.24) is 5.32 Å². The van der Waals surface area contributed by atoms with E-state index in [2.05, 4.69) is 74.6 Å². The maximum Gasteiger partial charge on any atom is 0.0207 e. The van der Waals surface area contributed by atoms with Crippen LogP contribution in [0, 0.1) is 6.92 Å². The van der Waals surface area contributed by atoms with Crippen LogP contribution in [-0.2, 0) is 19.4 Å². The van der Waals surface area contributed by atoms with Gasteiger partial charge in [0.1, 0.15) is 0 Å². The number of nitrogens with one attached hydrogen (secondary N) is 1. The number of rotatable bonds is 7. The van der Waals surface area contributed by atoms with Crippen LogP contribution < -0.4 is 5.32 Å². The topological polar surface area (TPSA) is 12.0 Å². The van der Waals surface area contributed by atoms with E-state index in [9.17, 15) is 0 Å². The lowest BCUT2D eigenvalue weighted by Gasteiger charge is -2.14. The zero-order chi connectivity index (χ0) is 15.1. The first-order chi connectivity index (χ1) is 10.2. The van der Waals surface area contributed by atoms with Crippen LogP contribution in [0.5, 0.6) is 0 Å². The molecule has 0 spiro atoms. The molecule has 2 aromatic rings. The molecule has 0 aliphatic heterocycles. The van der Waals surface area contributed by atoms with Crippen LogP contribution in [0.4, 0.5) is 0 Å². The van der Waals surface area contributed by atoms with Crippen LogP contribution in [0.25, 0.3) is 0 Å². The predicted octanol–water partition coefficient (Wildman–Crippen LogP) is 4.67. The van der Waals surface area contributed by atoms with Gasteiger partial charge < -0.3 is 5.32 Å². The molecule has 0 heterocycles. The summed E-state index contributed by atoms with van der Waals surface area (Å²) in [6.45, 7) is 7.58. The Hall–Kier alpha value is -1.60. The van der Waals surface area contributed by atoms with Gasteiger partial charge in [0.25, 0.3) is 0 Å². The molecule has 1 N–H and O–H groups in total. The zero-order valence-corrected chi connectivity index (χ0v) is 13.5. The minimum absolute atomic E-state index is 0.538. The highest BCUT2D eigenvalue weighted by molar-refractivity contribution is 5.23. The molecule has 1 nitrogen and oxygen atoms in total. The SMILES string of the molecule is CCc1ccc(CNC(C)CCc2cccc(C)c2)cc1. The fourth-order valence-corrected chi connectivity index (χ4v) is 2.54. The average Bonchev–Trinajstić information content (AvgIpc) is 2.51. The molecule has 1 unspecified atom stereocenters. The third kappa shape index (κ3) is 5.35. The van der Waals surface area contributed by atoms with Crippen LogP contribution >= 0.6 is 0 Å². The summed E-state index contributed by atoms with van der Waals surface area (Å²) in [6.07, 6.45) is 3.43. The summed E-state index contributed by atoms with van der Waals surface area (Å²) in [5.74, 6) is 0. The zero-order valence-electron chi connectivity index (χ0n) is 13.5. The lowest BCUT2D eigenvalue weighted by atomic mass is 10.0. The van der Waals surface area contributed by atoms with Crippen molar-refractivity contribution in [3.8, 4) is 0 Å². The van der Waals surface area contributed by atoms with E-state index in [1.165, 1.54) is 28.7 Å². The molecule has 0 aliphatic rings. The van der Waals surface area contributed by atoms with Crippen molar-refractivity contribution in [3.63, 3.8) is 0 Å². The van der Waals surface area contributed by atoms with Crippen LogP contribution in [-0.4, -0.2) is 6.04 Å². The van der Waals surface area contributed by atoms with Gasteiger partial charge in [-0.1, -0.05) is 61.0 Å². The van der Waals surface area contributed by atoms with Gasteiger partial charge in [-0.15, -0.1) is 0 Å². The van der Waals surface area contributed by atoms with Crippen LogP contribution in [0.1, 0.15) is 42.5 Å². The summed E-state index contributed by atoms with van der Waals surface area (Å²) in [7, 11) is 0. The molecule has 2 aromatic carbocycles. The molecule has 0 amide bonds. The molecule has 0 saturated heterocycles. The molecule has 0 radical (unpaired) electrons. The lowest BCUT2D eigenvalue weighted by Crippen LogP contribution is -2.25. The first-order valence-electron chi connectivity index (χ1n) is 8.04. The van der Waals surface area contributed by atoms with Crippen LogP contribution in [0.3, 0.4) is 0 Å². The second kappa shape index (κ2) is 7.99. The van der Waals surface area contributed by atoms with Crippen molar-refractivity contribution in [3.05, 3.63) is 70.8 Å². The molecule has 2 rings (SSSR count). The van der Waals surface area contributed by atoms with Crippen LogP contribution in [0.2, 0.25) is 0 Å². The second-order valence-corrected chi connectivity index (χ2v) is 5.98. The highest BCUT2D eigenvalue weighted by Crippen LogP contribution is 2.09. The van der Waals surface area contributed by atoms with Crippen molar-refractivity contribution < 1.29 is 0 Å². The van der Waals surface area contributed by atoms with Crippen molar-refractivity contribution in [2.45, 2.75) is 52.6 Å². The van der Waals surface area contributed by atoms with Gasteiger partial charge >= 0.3 is 0 Å². The van der Waals surface area contributed by atoms with Gasteiger partial charge in [0, 0.05) is 12.6 Å². The first-order valence-corrected chi connectivity index (χ1v) is 8.04. The molecule has 0 aromatic heterocycles. The van der Waals surface area contributed by atoms with E-state index in [1.54, 1.807) is 0 Å². The quantitative estimate of drug-likeness (QED) is 0.777. The Kier molecular flexibility index (Phi) is 6.01. The summed E-state index contributed by atoms with van der Waals surface area (Å²) in [5.41, 5.74) is 5.57. The van der Waals surface area contributed by atoms with E-state index in [-0.39, 0.29) is 0 Å². The van der Waals surface area contributed by atoms with Crippen molar-refractivity contribution in [2.24, 2.45) is 0 Å². The smallest absolute Gasteiger partial charge is 0.0207 e. The van der Waals surface area contributed by atoms with Gasteiger partial charge in [0.15, 0.2) is 0 Å². The van der Waals surface area contributed by atoms with E-state index in [0.717, 1.165) is 19.4 Å². The molecule has 0 saturated carbocycles. The Morgan fingerprint density at radius 1 is 0.952 bits per heavy atom. The van der Waals surface area contributed by atoms with E-state index in [4.69, 9.17) is 0 Å². The Balaban J connectivity index is 1.75. The summed E-state index contributed by atoms with van der Waals surface area (Å²) in [4.78, 5) is 0. The van der Waals surface area contributed by atoms with Crippen molar-refractivity contribution in [1.29, 1.82) is 0 Å². The Morgan fingerprint density at radius 3 is 2.33 bits per heavy atom. The van der Waals surface area contributed by atoms with E-state index >= 15 is 0 Å². The third-order valence-electron chi connectivity index (χ3n) is 4.03.